The molecule has 2 aromatic rings. The molecule has 1 heterocycles. The minimum absolute atomic E-state index is 0.111. The van der Waals surface area contributed by atoms with Crippen LogP contribution >= 0.6 is 27.3 Å². The standard InChI is InChI=1S/C8H4BrFOS/c9-4-1-6(11)5-3-8(10)12-7(5)2-4/h1-3,11H. The molecule has 0 bridgehead atoms. The lowest BCUT2D eigenvalue weighted by Crippen LogP contribution is -1.67. The van der Waals surface area contributed by atoms with Crippen LogP contribution in [0.4, 0.5) is 4.39 Å². The zero-order chi connectivity index (χ0) is 8.72. The van der Waals surface area contributed by atoms with E-state index in [1.165, 1.54) is 6.07 Å². The Morgan fingerprint density at radius 1 is 1.33 bits per heavy atom. The van der Waals surface area contributed by atoms with E-state index in [4.69, 9.17) is 0 Å². The highest BCUT2D eigenvalue weighted by molar-refractivity contribution is 9.10. The van der Waals surface area contributed by atoms with Crippen molar-refractivity contribution >= 4 is 37.4 Å². The first-order valence-electron chi connectivity index (χ1n) is 3.24. The zero-order valence-corrected chi connectivity index (χ0v) is 8.25. The van der Waals surface area contributed by atoms with E-state index in [9.17, 15) is 9.50 Å². The molecule has 0 saturated carbocycles. The molecule has 0 aliphatic carbocycles. The van der Waals surface area contributed by atoms with Crippen LogP contribution in [-0.4, -0.2) is 5.11 Å². The third-order valence-corrected chi connectivity index (χ3v) is 2.88. The molecule has 1 aromatic carbocycles. The summed E-state index contributed by atoms with van der Waals surface area (Å²) in [4.78, 5) is 0. The highest BCUT2D eigenvalue weighted by atomic mass is 79.9. The molecule has 2 rings (SSSR count). The maximum Gasteiger partial charge on any atom is 0.177 e. The Hall–Kier alpha value is -0.610. The fraction of sp³-hybridized carbons (Fsp3) is 0. The molecule has 1 aromatic heterocycles. The summed E-state index contributed by atoms with van der Waals surface area (Å²) in [7, 11) is 0. The van der Waals surface area contributed by atoms with Gasteiger partial charge >= 0.3 is 0 Å². The molecule has 0 aliphatic heterocycles. The molecule has 0 aliphatic rings. The second kappa shape index (κ2) is 2.71. The summed E-state index contributed by atoms with van der Waals surface area (Å²) in [6.07, 6.45) is 0. The molecule has 0 fully saturated rings. The zero-order valence-electron chi connectivity index (χ0n) is 5.84. The van der Waals surface area contributed by atoms with E-state index in [0.717, 1.165) is 20.5 Å². The van der Waals surface area contributed by atoms with E-state index in [1.54, 1.807) is 12.1 Å². The molecule has 1 nitrogen and oxygen atoms in total. The lowest BCUT2D eigenvalue weighted by molar-refractivity contribution is 0.481. The molecule has 1 N–H and O–H groups in total. The molecular weight excluding hydrogens is 243 g/mol. The van der Waals surface area contributed by atoms with Crippen LogP contribution in [0.5, 0.6) is 5.75 Å². The summed E-state index contributed by atoms with van der Waals surface area (Å²) < 4.78 is 14.2. The van der Waals surface area contributed by atoms with Crippen LogP contribution in [0, 0.1) is 5.13 Å². The maximum atomic E-state index is 12.7. The molecule has 0 saturated heterocycles. The lowest BCUT2D eigenvalue weighted by Gasteiger charge is -1.94. The summed E-state index contributed by atoms with van der Waals surface area (Å²) in [5, 5.41) is 9.67. The second-order valence-electron chi connectivity index (χ2n) is 2.39. The van der Waals surface area contributed by atoms with Gasteiger partial charge in [-0.05, 0) is 18.2 Å². The summed E-state index contributed by atoms with van der Waals surface area (Å²) in [5.74, 6) is 0.111. The average molecular weight is 247 g/mol. The van der Waals surface area contributed by atoms with E-state index in [-0.39, 0.29) is 10.9 Å². The maximum absolute atomic E-state index is 12.7. The number of hydrogen-bond acceptors (Lipinski definition) is 2. The Labute approximate surface area is 80.6 Å². The largest absolute Gasteiger partial charge is 0.507 e. The van der Waals surface area contributed by atoms with Gasteiger partial charge in [-0.15, -0.1) is 11.3 Å². The third kappa shape index (κ3) is 1.21. The van der Waals surface area contributed by atoms with Crippen LogP contribution in [0.15, 0.2) is 22.7 Å². The number of rotatable bonds is 0. The second-order valence-corrected chi connectivity index (χ2v) is 4.34. The van der Waals surface area contributed by atoms with Gasteiger partial charge in [-0.3, -0.25) is 0 Å². The van der Waals surface area contributed by atoms with E-state index in [1.807, 2.05) is 0 Å². The fourth-order valence-electron chi connectivity index (χ4n) is 1.06. The van der Waals surface area contributed by atoms with Crippen molar-refractivity contribution in [3.8, 4) is 5.75 Å². The van der Waals surface area contributed by atoms with E-state index in [2.05, 4.69) is 15.9 Å². The normalized spacial score (nSPS) is 10.8. The molecule has 0 amide bonds. The summed E-state index contributed by atoms with van der Waals surface area (Å²) in [6, 6.07) is 4.67. The third-order valence-electron chi connectivity index (χ3n) is 1.55. The van der Waals surface area contributed by atoms with Gasteiger partial charge in [0.25, 0.3) is 0 Å². The van der Waals surface area contributed by atoms with Gasteiger partial charge in [-0.2, -0.15) is 4.39 Å². The minimum atomic E-state index is -0.279. The highest BCUT2D eigenvalue weighted by Crippen LogP contribution is 2.34. The van der Waals surface area contributed by atoms with Crippen LogP contribution in [0.3, 0.4) is 0 Å². The van der Waals surface area contributed by atoms with Crippen LogP contribution in [0.2, 0.25) is 0 Å². The predicted octanol–water partition coefficient (Wildman–Crippen LogP) is 3.51. The Morgan fingerprint density at radius 2 is 2.08 bits per heavy atom. The van der Waals surface area contributed by atoms with E-state index >= 15 is 0 Å². The first-order valence-corrected chi connectivity index (χ1v) is 4.85. The van der Waals surface area contributed by atoms with Crippen LogP contribution in [0.1, 0.15) is 0 Å². The number of aromatic hydroxyl groups is 1. The van der Waals surface area contributed by atoms with Gasteiger partial charge in [0.1, 0.15) is 5.75 Å². The monoisotopic (exact) mass is 246 g/mol. The summed E-state index contributed by atoms with van der Waals surface area (Å²) in [6.45, 7) is 0. The van der Waals surface area contributed by atoms with Crippen molar-refractivity contribution in [2.45, 2.75) is 0 Å². The average Bonchev–Trinajstić information content (AvgIpc) is 2.29. The van der Waals surface area contributed by atoms with Gasteiger partial charge in [0.2, 0.25) is 0 Å². The Balaban J connectivity index is 2.88. The van der Waals surface area contributed by atoms with Crippen LogP contribution in [-0.2, 0) is 0 Å². The van der Waals surface area contributed by atoms with Crippen LogP contribution in [0.25, 0.3) is 10.1 Å². The van der Waals surface area contributed by atoms with Gasteiger partial charge in [0.15, 0.2) is 5.13 Å². The Morgan fingerprint density at radius 3 is 2.83 bits per heavy atom. The van der Waals surface area contributed by atoms with Gasteiger partial charge in [0, 0.05) is 14.6 Å². The highest BCUT2D eigenvalue weighted by Gasteiger charge is 2.06. The van der Waals surface area contributed by atoms with Crippen molar-refractivity contribution in [2.75, 3.05) is 0 Å². The number of halogens is 2. The molecule has 4 heteroatoms. The van der Waals surface area contributed by atoms with Crippen molar-refractivity contribution in [1.29, 1.82) is 0 Å². The summed E-state index contributed by atoms with van der Waals surface area (Å²) in [5.41, 5.74) is 0. The number of phenols is 1. The Bertz CT molecular complexity index is 438. The number of hydrogen-bond donors (Lipinski definition) is 1. The predicted molar refractivity (Wildman–Crippen MR) is 51.1 cm³/mol. The number of fused-ring (bicyclic) bond motifs is 1. The van der Waals surface area contributed by atoms with Crippen molar-refractivity contribution in [1.82, 2.24) is 0 Å². The smallest absolute Gasteiger partial charge is 0.177 e. The first kappa shape index (κ1) is 8.01. The number of thiophene rings is 1. The lowest BCUT2D eigenvalue weighted by atomic mass is 10.2. The van der Waals surface area contributed by atoms with Gasteiger partial charge in [-0.1, -0.05) is 15.9 Å². The summed E-state index contributed by atoms with van der Waals surface area (Å²) >= 11 is 4.24. The van der Waals surface area contributed by atoms with Crippen molar-refractivity contribution in [3.05, 3.63) is 27.8 Å². The van der Waals surface area contributed by atoms with Gasteiger partial charge < -0.3 is 5.11 Å². The fourth-order valence-corrected chi connectivity index (χ4v) is 2.50. The molecular formula is C8H4BrFOS. The Kier molecular flexibility index (Phi) is 1.81. The molecule has 62 valence electrons. The van der Waals surface area contributed by atoms with Crippen molar-refractivity contribution in [2.24, 2.45) is 0 Å². The van der Waals surface area contributed by atoms with Gasteiger partial charge in [-0.25, -0.2) is 0 Å². The van der Waals surface area contributed by atoms with Crippen molar-refractivity contribution in [3.63, 3.8) is 0 Å². The number of benzene rings is 1. The topological polar surface area (TPSA) is 20.2 Å². The molecule has 12 heavy (non-hydrogen) atoms. The molecule has 0 unspecified atom stereocenters. The first-order chi connectivity index (χ1) is 5.66. The molecule has 0 spiro atoms. The van der Waals surface area contributed by atoms with E-state index < -0.39 is 0 Å². The molecule has 0 radical (unpaired) electrons. The van der Waals surface area contributed by atoms with E-state index in [0.29, 0.717) is 5.39 Å². The quantitative estimate of drug-likeness (QED) is 0.755. The number of phenolic OH excluding ortho intramolecular Hbond substituents is 1. The molecule has 0 atom stereocenters. The van der Waals surface area contributed by atoms with Crippen LogP contribution < -0.4 is 0 Å². The van der Waals surface area contributed by atoms with Crippen molar-refractivity contribution < 1.29 is 9.50 Å². The minimum Gasteiger partial charge on any atom is -0.507 e. The SMILES string of the molecule is Oc1cc(Br)cc2sc(F)cc12. The van der Waals surface area contributed by atoms with Gasteiger partial charge in [0.05, 0.1) is 0 Å².